The molecule has 0 spiro atoms. The highest BCUT2D eigenvalue weighted by Crippen LogP contribution is 2.36. The molecular weight excluding hydrogens is 372 g/mol. The molecule has 1 fully saturated rings. The fourth-order valence-corrected chi connectivity index (χ4v) is 3.71. The predicted octanol–water partition coefficient (Wildman–Crippen LogP) is 1.53. The zero-order valence-corrected chi connectivity index (χ0v) is 16.0. The SMILES string of the molecule is O=C(N[C@@H](CO)Cc1ccccc1)[C@H]1CC(=O)N(c2ccc3c(c2)OCCO3)C1. The van der Waals surface area contributed by atoms with E-state index in [9.17, 15) is 14.7 Å². The summed E-state index contributed by atoms with van der Waals surface area (Å²) < 4.78 is 11.1. The van der Waals surface area contributed by atoms with Crippen LogP contribution in [0.5, 0.6) is 11.5 Å². The van der Waals surface area contributed by atoms with E-state index in [0.29, 0.717) is 43.4 Å². The van der Waals surface area contributed by atoms with E-state index in [4.69, 9.17) is 9.47 Å². The average Bonchev–Trinajstić information content (AvgIpc) is 3.15. The Balaban J connectivity index is 1.40. The molecule has 0 aliphatic carbocycles. The first kappa shape index (κ1) is 19.3. The molecular formula is C22H24N2O5. The number of ether oxygens (including phenoxy) is 2. The molecule has 2 atom stereocenters. The summed E-state index contributed by atoms with van der Waals surface area (Å²) in [6.45, 7) is 1.12. The third kappa shape index (κ3) is 4.35. The van der Waals surface area contributed by atoms with Crippen molar-refractivity contribution in [3.63, 3.8) is 0 Å². The largest absolute Gasteiger partial charge is 0.486 e. The first-order valence-electron chi connectivity index (χ1n) is 9.79. The van der Waals surface area contributed by atoms with Crippen molar-refractivity contribution in [2.45, 2.75) is 18.9 Å². The molecule has 2 aromatic rings. The van der Waals surface area contributed by atoms with Gasteiger partial charge in [-0.1, -0.05) is 30.3 Å². The molecule has 7 heteroatoms. The zero-order valence-electron chi connectivity index (χ0n) is 16.0. The number of carbonyl (C=O) groups is 2. The van der Waals surface area contributed by atoms with Gasteiger partial charge < -0.3 is 24.8 Å². The molecule has 2 N–H and O–H groups in total. The van der Waals surface area contributed by atoms with Crippen LogP contribution in [0.25, 0.3) is 0 Å². The highest BCUT2D eigenvalue weighted by atomic mass is 16.6. The quantitative estimate of drug-likeness (QED) is 0.773. The Labute approximate surface area is 169 Å². The monoisotopic (exact) mass is 396 g/mol. The molecule has 7 nitrogen and oxygen atoms in total. The number of aliphatic hydroxyl groups is 1. The number of amides is 2. The van der Waals surface area contributed by atoms with Gasteiger partial charge in [0, 0.05) is 24.7 Å². The lowest BCUT2D eigenvalue weighted by atomic mass is 10.0. The number of benzene rings is 2. The first-order chi connectivity index (χ1) is 14.1. The molecule has 2 heterocycles. The minimum atomic E-state index is -0.458. The van der Waals surface area contributed by atoms with Crippen molar-refractivity contribution in [1.29, 1.82) is 0 Å². The zero-order chi connectivity index (χ0) is 20.2. The lowest BCUT2D eigenvalue weighted by Crippen LogP contribution is -2.43. The van der Waals surface area contributed by atoms with E-state index >= 15 is 0 Å². The second kappa shape index (κ2) is 8.53. The van der Waals surface area contributed by atoms with Crippen molar-refractivity contribution in [3.8, 4) is 11.5 Å². The van der Waals surface area contributed by atoms with Crippen LogP contribution < -0.4 is 19.7 Å². The molecule has 2 aromatic carbocycles. The number of nitrogens with one attached hydrogen (secondary N) is 1. The number of hydrogen-bond acceptors (Lipinski definition) is 5. The van der Waals surface area contributed by atoms with Gasteiger partial charge in [-0.2, -0.15) is 0 Å². The number of fused-ring (bicyclic) bond motifs is 1. The van der Waals surface area contributed by atoms with Crippen LogP contribution in [0.2, 0.25) is 0 Å². The Bertz CT molecular complexity index is 886. The second-order valence-electron chi connectivity index (χ2n) is 7.31. The number of aliphatic hydroxyl groups excluding tert-OH is 1. The summed E-state index contributed by atoms with van der Waals surface area (Å²) in [6.07, 6.45) is 0.680. The maximum absolute atomic E-state index is 12.7. The van der Waals surface area contributed by atoms with Crippen molar-refractivity contribution in [1.82, 2.24) is 5.32 Å². The molecule has 2 aliphatic heterocycles. The third-order valence-corrected chi connectivity index (χ3v) is 5.22. The molecule has 152 valence electrons. The van der Waals surface area contributed by atoms with Crippen LogP contribution in [0.4, 0.5) is 5.69 Å². The Hall–Kier alpha value is -3.06. The summed E-state index contributed by atoms with van der Waals surface area (Å²) in [5.41, 5.74) is 1.73. The summed E-state index contributed by atoms with van der Waals surface area (Å²) in [4.78, 5) is 26.8. The topological polar surface area (TPSA) is 88.1 Å². The molecule has 0 bridgehead atoms. The summed E-state index contributed by atoms with van der Waals surface area (Å²) >= 11 is 0. The third-order valence-electron chi connectivity index (χ3n) is 5.22. The highest BCUT2D eigenvalue weighted by molar-refractivity contribution is 6.00. The van der Waals surface area contributed by atoms with Crippen LogP contribution in [-0.2, 0) is 16.0 Å². The van der Waals surface area contributed by atoms with Gasteiger partial charge in [-0.25, -0.2) is 0 Å². The Morgan fingerprint density at radius 1 is 1.14 bits per heavy atom. The minimum absolute atomic E-state index is 0.106. The lowest BCUT2D eigenvalue weighted by Gasteiger charge is -2.22. The fraction of sp³-hybridized carbons (Fsp3) is 0.364. The number of nitrogens with zero attached hydrogens (tertiary/aromatic N) is 1. The van der Waals surface area contributed by atoms with Crippen LogP contribution in [-0.4, -0.2) is 49.3 Å². The van der Waals surface area contributed by atoms with Gasteiger partial charge in [0.15, 0.2) is 11.5 Å². The smallest absolute Gasteiger partial charge is 0.227 e. The predicted molar refractivity (Wildman–Crippen MR) is 107 cm³/mol. The van der Waals surface area contributed by atoms with E-state index in [1.165, 1.54) is 0 Å². The molecule has 2 amide bonds. The van der Waals surface area contributed by atoms with Crippen molar-refractivity contribution < 1.29 is 24.2 Å². The Kier molecular flexibility index (Phi) is 5.67. The van der Waals surface area contributed by atoms with E-state index in [1.807, 2.05) is 30.3 Å². The number of carbonyl (C=O) groups excluding carboxylic acids is 2. The Morgan fingerprint density at radius 3 is 2.66 bits per heavy atom. The van der Waals surface area contributed by atoms with E-state index in [1.54, 1.807) is 23.1 Å². The molecule has 0 saturated carbocycles. The van der Waals surface area contributed by atoms with E-state index in [2.05, 4.69) is 5.32 Å². The molecule has 0 aromatic heterocycles. The van der Waals surface area contributed by atoms with Gasteiger partial charge in [0.25, 0.3) is 0 Å². The van der Waals surface area contributed by atoms with Gasteiger partial charge >= 0.3 is 0 Å². The normalized spacial score (nSPS) is 19.1. The number of rotatable bonds is 6. The van der Waals surface area contributed by atoms with Crippen molar-refractivity contribution in [2.75, 3.05) is 31.3 Å². The van der Waals surface area contributed by atoms with Gasteiger partial charge in [0.2, 0.25) is 11.8 Å². The summed E-state index contributed by atoms with van der Waals surface area (Å²) in [7, 11) is 0. The molecule has 0 unspecified atom stereocenters. The number of hydrogen-bond donors (Lipinski definition) is 2. The molecule has 1 saturated heterocycles. The van der Waals surface area contributed by atoms with Crippen LogP contribution in [0.15, 0.2) is 48.5 Å². The molecule has 29 heavy (non-hydrogen) atoms. The van der Waals surface area contributed by atoms with Gasteiger partial charge in [0.1, 0.15) is 13.2 Å². The maximum atomic E-state index is 12.7. The van der Waals surface area contributed by atoms with Crippen molar-refractivity contribution >= 4 is 17.5 Å². The first-order valence-corrected chi connectivity index (χ1v) is 9.79. The second-order valence-corrected chi connectivity index (χ2v) is 7.31. The lowest BCUT2D eigenvalue weighted by molar-refractivity contribution is -0.127. The van der Waals surface area contributed by atoms with Crippen LogP contribution >= 0.6 is 0 Å². The number of anilines is 1. The standard InChI is InChI=1S/C22H24N2O5/c25-14-17(10-15-4-2-1-3-5-15)23-22(27)16-11-21(26)24(13-16)18-6-7-19-20(12-18)29-9-8-28-19/h1-7,12,16-17,25H,8-11,13-14H2,(H,23,27)/t16-,17+/m0/s1. The van der Waals surface area contributed by atoms with Gasteiger partial charge in [0.05, 0.1) is 18.6 Å². The van der Waals surface area contributed by atoms with Crippen molar-refractivity contribution in [3.05, 3.63) is 54.1 Å². The van der Waals surface area contributed by atoms with Crippen molar-refractivity contribution in [2.24, 2.45) is 5.92 Å². The van der Waals surface area contributed by atoms with E-state index in [-0.39, 0.29) is 30.9 Å². The van der Waals surface area contributed by atoms with Gasteiger partial charge in [-0.3, -0.25) is 9.59 Å². The molecule has 0 radical (unpaired) electrons. The average molecular weight is 396 g/mol. The Morgan fingerprint density at radius 2 is 1.90 bits per heavy atom. The molecule has 2 aliphatic rings. The molecule has 4 rings (SSSR count). The summed E-state index contributed by atoms with van der Waals surface area (Å²) in [6, 6.07) is 14.7. The maximum Gasteiger partial charge on any atom is 0.227 e. The summed E-state index contributed by atoms with van der Waals surface area (Å²) in [5.74, 6) is 0.490. The van der Waals surface area contributed by atoms with Crippen LogP contribution in [0.1, 0.15) is 12.0 Å². The minimum Gasteiger partial charge on any atom is -0.486 e. The van der Waals surface area contributed by atoms with E-state index < -0.39 is 5.92 Å². The van der Waals surface area contributed by atoms with E-state index in [0.717, 1.165) is 5.56 Å². The highest BCUT2D eigenvalue weighted by Gasteiger charge is 2.36. The van der Waals surface area contributed by atoms with Crippen LogP contribution in [0.3, 0.4) is 0 Å². The van der Waals surface area contributed by atoms with Crippen LogP contribution in [0, 0.1) is 5.92 Å². The van der Waals surface area contributed by atoms with Gasteiger partial charge in [-0.05, 0) is 24.1 Å². The van der Waals surface area contributed by atoms with Gasteiger partial charge in [-0.15, -0.1) is 0 Å². The summed E-state index contributed by atoms with van der Waals surface area (Å²) in [5, 5.41) is 12.5. The fourth-order valence-electron chi connectivity index (χ4n) is 3.71.